The van der Waals surface area contributed by atoms with E-state index in [0.29, 0.717) is 6.54 Å². The van der Waals surface area contributed by atoms with E-state index < -0.39 is 0 Å². The van der Waals surface area contributed by atoms with Gasteiger partial charge in [0, 0.05) is 6.54 Å². The van der Waals surface area contributed by atoms with Crippen LogP contribution in [0.3, 0.4) is 0 Å². The molecular formula is C8H12N2O3. The van der Waals surface area contributed by atoms with Crippen LogP contribution in [0.5, 0.6) is 0 Å². The van der Waals surface area contributed by atoms with Crippen LogP contribution in [0.25, 0.3) is 0 Å². The summed E-state index contributed by atoms with van der Waals surface area (Å²) in [6.45, 7) is 1.11. The Labute approximate surface area is 76.0 Å². The van der Waals surface area contributed by atoms with Crippen molar-refractivity contribution >= 4 is 11.9 Å². The summed E-state index contributed by atoms with van der Waals surface area (Å²) in [5, 5.41) is 2.79. The number of carbonyl (C=O) groups is 2. The van der Waals surface area contributed by atoms with Crippen molar-refractivity contribution in [3.63, 3.8) is 0 Å². The van der Waals surface area contributed by atoms with Gasteiger partial charge in [0.25, 0.3) is 0 Å². The number of esters is 1. The van der Waals surface area contributed by atoms with Crippen LogP contribution in [0.15, 0.2) is 0 Å². The molecule has 5 heteroatoms. The predicted molar refractivity (Wildman–Crippen MR) is 43.9 cm³/mol. The van der Waals surface area contributed by atoms with Crippen molar-refractivity contribution in [1.82, 2.24) is 10.2 Å². The molecule has 0 aliphatic carbocycles. The number of hydrogen-bond donors (Lipinski definition) is 1. The molecule has 0 saturated carbocycles. The third kappa shape index (κ3) is 1.29. The van der Waals surface area contributed by atoms with Crippen LogP contribution < -0.4 is 5.32 Å². The molecule has 0 radical (unpaired) electrons. The van der Waals surface area contributed by atoms with E-state index in [0.717, 1.165) is 13.0 Å². The normalized spacial score (nSPS) is 37.0. The number of nitrogens with zero attached hydrogens (tertiary/aromatic N) is 1. The minimum atomic E-state index is -0.261. The zero-order chi connectivity index (χ0) is 9.42. The van der Waals surface area contributed by atoms with E-state index in [1.807, 2.05) is 4.90 Å². The average molecular weight is 184 g/mol. The SMILES string of the molecule is COC(=O)[C@@H]1[C@@H]2CCN1CC(=O)N2. The Morgan fingerprint density at radius 2 is 2.46 bits per heavy atom. The minimum absolute atomic E-state index is 0.00246. The van der Waals surface area contributed by atoms with Crippen LogP contribution in [-0.2, 0) is 14.3 Å². The Kier molecular flexibility index (Phi) is 1.95. The molecule has 5 nitrogen and oxygen atoms in total. The van der Waals surface area contributed by atoms with E-state index in [1.54, 1.807) is 0 Å². The van der Waals surface area contributed by atoms with Gasteiger partial charge in [0.1, 0.15) is 6.04 Å². The van der Waals surface area contributed by atoms with Crippen molar-refractivity contribution in [1.29, 1.82) is 0 Å². The zero-order valence-corrected chi connectivity index (χ0v) is 7.45. The maximum Gasteiger partial charge on any atom is 0.325 e. The van der Waals surface area contributed by atoms with Gasteiger partial charge in [-0.15, -0.1) is 0 Å². The fourth-order valence-electron chi connectivity index (χ4n) is 2.06. The number of piperazine rings is 1. The molecule has 0 aromatic carbocycles. The number of methoxy groups -OCH3 is 1. The van der Waals surface area contributed by atoms with Crippen LogP contribution >= 0.6 is 0 Å². The molecule has 2 fully saturated rings. The van der Waals surface area contributed by atoms with Crippen molar-refractivity contribution < 1.29 is 14.3 Å². The molecule has 0 spiro atoms. The average Bonchev–Trinajstić information content (AvgIpc) is 2.37. The third-order valence-electron chi connectivity index (χ3n) is 2.64. The number of amides is 1. The van der Waals surface area contributed by atoms with Crippen molar-refractivity contribution in [2.75, 3.05) is 20.2 Å². The van der Waals surface area contributed by atoms with Crippen LogP contribution in [-0.4, -0.2) is 49.1 Å². The Hall–Kier alpha value is -1.10. The standard InChI is InChI=1S/C8H12N2O3/c1-13-8(12)7-5-2-3-10(7)4-6(11)9-5/h5,7H,2-4H2,1H3,(H,9,11)/t5-,7-/m0/s1. The highest BCUT2D eigenvalue weighted by Crippen LogP contribution is 2.22. The Bertz CT molecular complexity index is 238. The van der Waals surface area contributed by atoms with E-state index in [4.69, 9.17) is 0 Å². The number of ether oxygens (including phenoxy) is 1. The summed E-state index contributed by atoms with van der Waals surface area (Å²) in [5.74, 6) is -0.245. The van der Waals surface area contributed by atoms with Gasteiger partial charge >= 0.3 is 5.97 Å². The number of nitrogens with one attached hydrogen (secondary N) is 1. The van der Waals surface area contributed by atoms with Crippen LogP contribution in [0.4, 0.5) is 0 Å². The lowest BCUT2D eigenvalue weighted by molar-refractivity contribution is -0.148. The summed E-state index contributed by atoms with van der Waals surface area (Å²) < 4.78 is 4.67. The van der Waals surface area contributed by atoms with Gasteiger partial charge < -0.3 is 10.1 Å². The molecule has 2 aliphatic heterocycles. The van der Waals surface area contributed by atoms with Gasteiger partial charge in [-0.3, -0.25) is 14.5 Å². The second-order valence-corrected chi connectivity index (χ2v) is 3.40. The molecule has 2 heterocycles. The smallest absolute Gasteiger partial charge is 0.325 e. The highest BCUT2D eigenvalue weighted by atomic mass is 16.5. The summed E-state index contributed by atoms with van der Waals surface area (Å²) in [6.07, 6.45) is 0.839. The highest BCUT2D eigenvalue weighted by Gasteiger charge is 2.44. The van der Waals surface area contributed by atoms with E-state index in [9.17, 15) is 9.59 Å². The quantitative estimate of drug-likeness (QED) is 0.516. The summed E-state index contributed by atoms with van der Waals surface area (Å²) in [6, 6.07) is -0.309. The molecule has 2 aliphatic rings. The number of carbonyl (C=O) groups excluding carboxylic acids is 2. The molecule has 13 heavy (non-hydrogen) atoms. The first-order valence-corrected chi connectivity index (χ1v) is 4.33. The maximum atomic E-state index is 11.3. The lowest BCUT2D eigenvalue weighted by atomic mass is 10.1. The third-order valence-corrected chi connectivity index (χ3v) is 2.64. The lowest BCUT2D eigenvalue weighted by Crippen LogP contribution is -2.57. The number of fused-ring (bicyclic) bond motifs is 2. The molecule has 3 atom stereocenters. The van der Waals surface area contributed by atoms with Gasteiger partial charge in [-0.2, -0.15) is 0 Å². The van der Waals surface area contributed by atoms with Crippen molar-refractivity contribution in [3.8, 4) is 0 Å². The molecule has 2 bridgehead atoms. The van der Waals surface area contributed by atoms with Gasteiger partial charge in [-0.1, -0.05) is 0 Å². The second-order valence-electron chi connectivity index (χ2n) is 3.40. The van der Waals surface area contributed by atoms with Crippen LogP contribution in [0.2, 0.25) is 0 Å². The monoisotopic (exact) mass is 184 g/mol. The molecule has 1 amide bonds. The van der Waals surface area contributed by atoms with Crippen LogP contribution in [0, 0.1) is 0 Å². The second kappa shape index (κ2) is 2.99. The summed E-state index contributed by atoms with van der Waals surface area (Å²) in [4.78, 5) is 24.3. The molecule has 2 saturated heterocycles. The minimum Gasteiger partial charge on any atom is -0.468 e. The Morgan fingerprint density at radius 3 is 3.08 bits per heavy atom. The van der Waals surface area contributed by atoms with Gasteiger partial charge in [0.05, 0.1) is 19.7 Å². The predicted octanol–water partition coefficient (Wildman–Crippen LogP) is -1.27. The molecule has 72 valence electrons. The summed E-state index contributed by atoms with van der Waals surface area (Å²) in [5.41, 5.74) is 0. The van der Waals surface area contributed by atoms with Gasteiger partial charge in [-0.05, 0) is 6.42 Å². The maximum absolute atomic E-state index is 11.3. The molecule has 1 N–H and O–H groups in total. The molecule has 2 rings (SSSR count). The molecular weight excluding hydrogens is 172 g/mol. The zero-order valence-electron chi connectivity index (χ0n) is 7.45. The summed E-state index contributed by atoms with van der Waals surface area (Å²) in [7, 11) is 1.37. The first-order valence-electron chi connectivity index (χ1n) is 4.33. The Morgan fingerprint density at radius 1 is 1.69 bits per heavy atom. The molecule has 1 unspecified atom stereocenters. The summed E-state index contributed by atoms with van der Waals surface area (Å²) >= 11 is 0. The van der Waals surface area contributed by atoms with Crippen molar-refractivity contribution in [3.05, 3.63) is 0 Å². The van der Waals surface area contributed by atoms with Crippen molar-refractivity contribution in [2.24, 2.45) is 0 Å². The van der Waals surface area contributed by atoms with Gasteiger partial charge in [-0.25, -0.2) is 0 Å². The van der Waals surface area contributed by atoms with Crippen LogP contribution in [0.1, 0.15) is 6.42 Å². The first-order chi connectivity index (χ1) is 6.22. The fourth-order valence-corrected chi connectivity index (χ4v) is 2.06. The van der Waals surface area contributed by atoms with E-state index in [2.05, 4.69) is 10.1 Å². The molecule has 0 aromatic rings. The van der Waals surface area contributed by atoms with E-state index in [1.165, 1.54) is 7.11 Å². The molecule has 0 aromatic heterocycles. The highest BCUT2D eigenvalue weighted by molar-refractivity contribution is 5.85. The number of hydrogen-bond acceptors (Lipinski definition) is 4. The number of rotatable bonds is 1. The van der Waals surface area contributed by atoms with Gasteiger partial charge in [0.15, 0.2) is 0 Å². The van der Waals surface area contributed by atoms with E-state index >= 15 is 0 Å². The largest absolute Gasteiger partial charge is 0.468 e. The Balaban J connectivity index is 2.14. The first kappa shape index (κ1) is 8.50. The lowest BCUT2D eigenvalue weighted by Gasteiger charge is -2.30. The fraction of sp³-hybridized carbons (Fsp3) is 0.750. The topological polar surface area (TPSA) is 58.6 Å². The van der Waals surface area contributed by atoms with Gasteiger partial charge in [0.2, 0.25) is 5.91 Å². The van der Waals surface area contributed by atoms with E-state index in [-0.39, 0.29) is 24.0 Å². The van der Waals surface area contributed by atoms with Crippen molar-refractivity contribution in [2.45, 2.75) is 18.5 Å².